The van der Waals surface area contributed by atoms with Gasteiger partial charge < -0.3 is 14.6 Å². The van der Waals surface area contributed by atoms with Gasteiger partial charge in [-0.15, -0.1) is 0 Å². The van der Waals surface area contributed by atoms with E-state index in [0.717, 1.165) is 27.9 Å². The predicted molar refractivity (Wildman–Crippen MR) is 132 cm³/mol. The van der Waals surface area contributed by atoms with Gasteiger partial charge in [0.2, 0.25) is 0 Å². The Hall–Kier alpha value is -4.30. The number of benzene rings is 3. The van der Waals surface area contributed by atoms with Crippen LogP contribution in [0.25, 0.3) is 17.0 Å². The number of hydrogen-bond acceptors (Lipinski definition) is 3. The smallest absolute Gasteiger partial charge is 0.266 e. The molecule has 0 unspecified atom stereocenters. The molecule has 3 aromatic carbocycles. The lowest BCUT2D eigenvalue weighted by Gasteiger charge is -2.09. The van der Waals surface area contributed by atoms with Crippen LogP contribution in [-0.2, 0) is 11.3 Å². The number of hydrogen-bond donors (Lipinski definition) is 1. The van der Waals surface area contributed by atoms with Crippen LogP contribution in [0, 0.1) is 18.3 Å². The van der Waals surface area contributed by atoms with Crippen molar-refractivity contribution in [3.63, 3.8) is 0 Å². The average Bonchev–Trinajstić information content (AvgIpc) is 3.10. The number of para-hydroxylation sites is 1. The average molecular weight is 436 g/mol. The molecule has 1 aromatic heterocycles. The molecule has 1 amide bonds. The van der Waals surface area contributed by atoms with Gasteiger partial charge in [0, 0.05) is 34.4 Å². The van der Waals surface area contributed by atoms with Crippen LogP contribution in [0.1, 0.15) is 23.7 Å². The molecule has 0 fully saturated rings. The highest BCUT2D eigenvalue weighted by atomic mass is 16.5. The highest BCUT2D eigenvalue weighted by Gasteiger charge is 2.16. The summed E-state index contributed by atoms with van der Waals surface area (Å²) >= 11 is 0. The third-order valence-corrected chi connectivity index (χ3v) is 5.54. The third kappa shape index (κ3) is 4.81. The molecule has 0 spiro atoms. The molecule has 4 rings (SSSR count). The van der Waals surface area contributed by atoms with Crippen LogP contribution in [-0.4, -0.2) is 17.1 Å². The molecule has 0 atom stereocenters. The van der Waals surface area contributed by atoms with Crippen LogP contribution < -0.4 is 10.1 Å². The van der Waals surface area contributed by atoms with Gasteiger partial charge in [-0.05, 0) is 55.8 Å². The third-order valence-electron chi connectivity index (χ3n) is 5.54. The zero-order valence-electron chi connectivity index (χ0n) is 18.7. The molecule has 0 aliphatic carbocycles. The van der Waals surface area contributed by atoms with Gasteiger partial charge in [-0.25, -0.2) is 0 Å². The molecule has 5 heteroatoms. The zero-order valence-corrected chi connectivity index (χ0v) is 18.7. The quantitative estimate of drug-likeness (QED) is 0.288. The molecule has 1 heterocycles. The molecular weight excluding hydrogens is 410 g/mol. The lowest BCUT2D eigenvalue weighted by atomic mass is 10.1. The van der Waals surface area contributed by atoms with Crippen molar-refractivity contribution in [3.05, 3.63) is 101 Å². The van der Waals surface area contributed by atoms with Crippen LogP contribution in [0.2, 0.25) is 0 Å². The summed E-state index contributed by atoms with van der Waals surface area (Å²) in [5.41, 5.74) is 4.78. The van der Waals surface area contributed by atoms with Gasteiger partial charge in [0.15, 0.2) is 0 Å². The summed E-state index contributed by atoms with van der Waals surface area (Å²) in [7, 11) is 0. The van der Waals surface area contributed by atoms with Crippen molar-refractivity contribution in [2.75, 3.05) is 11.9 Å². The van der Waals surface area contributed by atoms with Gasteiger partial charge in [-0.1, -0.05) is 48.5 Å². The number of carbonyl (C=O) groups excluding carboxylic acids is 1. The maximum absolute atomic E-state index is 12.9. The Kier molecular flexibility index (Phi) is 6.56. The van der Waals surface area contributed by atoms with Crippen LogP contribution >= 0.6 is 0 Å². The molecule has 0 saturated carbocycles. The molecule has 164 valence electrons. The van der Waals surface area contributed by atoms with Crippen LogP contribution in [0.3, 0.4) is 0 Å². The second kappa shape index (κ2) is 9.88. The Morgan fingerprint density at radius 3 is 2.42 bits per heavy atom. The summed E-state index contributed by atoms with van der Waals surface area (Å²) in [4.78, 5) is 12.9. The van der Waals surface area contributed by atoms with Gasteiger partial charge in [-0.3, -0.25) is 4.79 Å². The molecule has 0 saturated heterocycles. The number of rotatable bonds is 7. The minimum absolute atomic E-state index is 0.0506. The number of nitrogens with one attached hydrogen (secondary N) is 1. The van der Waals surface area contributed by atoms with Crippen molar-refractivity contribution >= 4 is 28.6 Å². The van der Waals surface area contributed by atoms with E-state index in [9.17, 15) is 10.1 Å². The van der Waals surface area contributed by atoms with E-state index in [-0.39, 0.29) is 5.57 Å². The molecule has 1 N–H and O–H groups in total. The SMILES string of the molecule is CCOc1ccc(NC(=O)/C(C#N)=C\c2c(C)n(Cc3ccccc3)c3ccccc23)cc1. The minimum atomic E-state index is -0.444. The maximum Gasteiger partial charge on any atom is 0.266 e. The molecule has 4 aromatic rings. The lowest BCUT2D eigenvalue weighted by Crippen LogP contribution is -2.13. The number of carbonyl (C=O) groups is 1. The molecule has 0 radical (unpaired) electrons. The van der Waals surface area contributed by atoms with Crippen LogP contribution in [0.4, 0.5) is 5.69 Å². The summed E-state index contributed by atoms with van der Waals surface area (Å²) in [6.45, 7) is 5.22. The first kappa shape index (κ1) is 21.9. The molecular formula is C28H25N3O2. The summed E-state index contributed by atoms with van der Waals surface area (Å²) < 4.78 is 7.65. The lowest BCUT2D eigenvalue weighted by molar-refractivity contribution is -0.112. The van der Waals surface area contributed by atoms with Crippen molar-refractivity contribution in [2.24, 2.45) is 0 Å². The van der Waals surface area contributed by atoms with Gasteiger partial charge >= 0.3 is 0 Å². The predicted octanol–water partition coefficient (Wildman–Crippen LogP) is 5.94. The van der Waals surface area contributed by atoms with E-state index in [1.165, 1.54) is 5.56 Å². The molecule has 0 bridgehead atoms. The van der Waals surface area contributed by atoms with Crippen LogP contribution in [0.5, 0.6) is 5.75 Å². The van der Waals surface area contributed by atoms with Crippen molar-refractivity contribution < 1.29 is 9.53 Å². The van der Waals surface area contributed by atoms with Crippen LogP contribution in [0.15, 0.2) is 84.4 Å². The summed E-state index contributed by atoms with van der Waals surface area (Å²) in [5, 5.41) is 13.6. The summed E-state index contributed by atoms with van der Waals surface area (Å²) in [5.74, 6) is 0.286. The van der Waals surface area contributed by atoms with Gasteiger partial charge in [-0.2, -0.15) is 5.26 Å². The number of amides is 1. The van der Waals surface area contributed by atoms with E-state index in [2.05, 4.69) is 34.2 Å². The first-order valence-corrected chi connectivity index (χ1v) is 10.9. The Morgan fingerprint density at radius 1 is 1.03 bits per heavy atom. The Bertz CT molecular complexity index is 1340. The van der Waals surface area contributed by atoms with Crippen molar-refractivity contribution in [1.29, 1.82) is 5.26 Å². The topological polar surface area (TPSA) is 67.0 Å². The first-order valence-electron chi connectivity index (χ1n) is 10.9. The van der Waals surface area contributed by atoms with Gasteiger partial charge in [0.25, 0.3) is 5.91 Å². The number of nitriles is 1. The number of ether oxygens (including phenoxy) is 1. The van der Waals surface area contributed by atoms with Gasteiger partial charge in [0.05, 0.1) is 6.61 Å². The van der Waals surface area contributed by atoms with E-state index in [0.29, 0.717) is 18.8 Å². The van der Waals surface area contributed by atoms with E-state index in [4.69, 9.17) is 4.74 Å². The molecule has 33 heavy (non-hydrogen) atoms. The minimum Gasteiger partial charge on any atom is -0.494 e. The molecule has 0 aliphatic heterocycles. The molecule has 5 nitrogen and oxygen atoms in total. The maximum atomic E-state index is 12.9. The van der Waals surface area contributed by atoms with E-state index < -0.39 is 5.91 Å². The van der Waals surface area contributed by atoms with Crippen molar-refractivity contribution in [2.45, 2.75) is 20.4 Å². The second-order valence-corrected chi connectivity index (χ2v) is 7.67. The number of fused-ring (bicyclic) bond motifs is 1. The van der Waals surface area contributed by atoms with E-state index in [1.807, 2.05) is 50.2 Å². The van der Waals surface area contributed by atoms with E-state index >= 15 is 0 Å². The molecule has 0 aliphatic rings. The fourth-order valence-electron chi connectivity index (χ4n) is 3.90. The fourth-order valence-corrected chi connectivity index (χ4v) is 3.90. The van der Waals surface area contributed by atoms with E-state index in [1.54, 1.807) is 30.3 Å². The Labute approximate surface area is 193 Å². The Balaban J connectivity index is 1.67. The second-order valence-electron chi connectivity index (χ2n) is 7.67. The summed E-state index contributed by atoms with van der Waals surface area (Å²) in [6.07, 6.45) is 1.68. The number of nitrogens with zero attached hydrogens (tertiary/aromatic N) is 2. The zero-order chi connectivity index (χ0) is 23.2. The number of aromatic nitrogens is 1. The summed E-state index contributed by atoms with van der Waals surface area (Å²) in [6, 6.07) is 27.5. The normalized spacial score (nSPS) is 11.2. The standard InChI is InChI=1S/C28H25N3O2/c1-3-33-24-15-13-23(14-16-24)30-28(32)22(18-29)17-26-20(2)31(19-21-9-5-4-6-10-21)27-12-8-7-11-25(26)27/h4-17H,3,19H2,1-2H3,(H,30,32)/b22-17-. The van der Waals surface area contributed by atoms with Crippen molar-refractivity contribution in [1.82, 2.24) is 4.57 Å². The fraction of sp³-hybridized carbons (Fsp3) is 0.143. The first-order chi connectivity index (χ1) is 16.1. The van der Waals surface area contributed by atoms with Crippen molar-refractivity contribution in [3.8, 4) is 11.8 Å². The number of anilines is 1. The Morgan fingerprint density at radius 2 is 1.73 bits per heavy atom. The highest BCUT2D eigenvalue weighted by Crippen LogP contribution is 2.29. The largest absolute Gasteiger partial charge is 0.494 e. The highest BCUT2D eigenvalue weighted by molar-refractivity contribution is 6.11. The monoisotopic (exact) mass is 435 g/mol. The van der Waals surface area contributed by atoms with Gasteiger partial charge in [0.1, 0.15) is 17.4 Å².